The Labute approximate surface area is 166 Å². The Morgan fingerprint density at radius 1 is 1.25 bits per heavy atom. The molecule has 1 aliphatic heterocycles. The van der Waals surface area contributed by atoms with E-state index >= 15 is 0 Å². The van der Waals surface area contributed by atoms with Gasteiger partial charge in [0.25, 0.3) is 0 Å². The fourth-order valence-corrected chi connectivity index (χ4v) is 3.49. The van der Waals surface area contributed by atoms with E-state index in [1.807, 2.05) is 45.0 Å². The Kier molecular flexibility index (Phi) is 6.02. The highest BCUT2D eigenvalue weighted by atomic mass is 16.5. The van der Waals surface area contributed by atoms with Crippen LogP contribution in [-0.4, -0.2) is 31.6 Å². The first-order valence-corrected chi connectivity index (χ1v) is 9.70. The topological polar surface area (TPSA) is 64.6 Å². The van der Waals surface area contributed by atoms with Gasteiger partial charge in [-0.1, -0.05) is 38.1 Å². The zero-order valence-electron chi connectivity index (χ0n) is 16.9. The Hall–Kier alpha value is -2.82. The average molecular weight is 381 g/mol. The number of hydrogen-bond donors (Lipinski definition) is 1. The maximum absolute atomic E-state index is 12.2. The number of fused-ring (bicyclic) bond motifs is 1. The Morgan fingerprint density at radius 3 is 2.71 bits per heavy atom. The number of benzene rings is 2. The van der Waals surface area contributed by atoms with Gasteiger partial charge in [0.1, 0.15) is 11.9 Å². The van der Waals surface area contributed by atoms with Crippen molar-refractivity contribution < 1.29 is 19.1 Å². The molecule has 0 aliphatic carbocycles. The lowest BCUT2D eigenvalue weighted by Crippen LogP contribution is -2.37. The van der Waals surface area contributed by atoms with Crippen LogP contribution in [0.3, 0.4) is 0 Å². The summed E-state index contributed by atoms with van der Waals surface area (Å²) in [7, 11) is 1.38. The van der Waals surface area contributed by atoms with Crippen molar-refractivity contribution in [1.29, 1.82) is 0 Å². The van der Waals surface area contributed by atoms with Crippen LogP contribution < -0.4 is 10.1 Å². The molecule has 1 heterocycles. The van der Waals surface area contributed by atoms with Crippen molar-refractivity contribution in [3.63, 3.8) is 0 Å². The highest BCUT2D eigenvalue weighted by molar-refractivity contribution is 5.98. The molecule has 1 amide bonds. The number of esters is 1. The SMILES string of the molecule is CC[C@H](C)C(=O)NC[C@@H]1Cc2cc(C)cc(-c3ccccc3C(=O)OC)c2O1. The summed E-state index contributed by atoms with van der Waals surface area (Å²) < 4.78 is 11.2. The summed E-state index contributed by atoms with van der Waals surface area (Å²) in [6.07, 6.45) is 1.42. The molecule has 2 aromatic rings. The smallest absolute Gasteiger partial charge is 0.338 e. The summed E-state index contributed by atoms with van der Waals surface area (Å²) in [5.41, 5.74) is 4.37. The van der Waals surface area contributed by atoms with Gasteiger partial charge >= 0.3 is 5.97 Å². The summed E-state index contributed by atoms with van der Waals surface area (Å²) in [4.78, 5) is 24.3. The van der Waals surface area contributed by atoms with E-state index in [9.17, 15) is 9.59 Å². The van der Waals surface area contributed by atoms with Crippen LogP contribution in [0.2, 0.25) is 0 Å². The summed E-state index contributed by atoms with van der Waals surface area (Å²) in [6, 6.07) is 11.5. The van der Waals surface area contributed by atoms with Crippen molar-refractivity contribution in [2.45, 2.75) is 39.7 Å². The third-order valence-electron chi connectivity index (χ3n) is 5.23. The lowest BCUT2D eigenvalue weighted by atomic mass is 9.94. The van der Waals surface area contributed by atoms with Gasteiger partial charge in [0, 0.05) is 17.9 Å². The van der Waals surface area contributed by atoms with E-state index in [1.54, 1.807) is 6.07 Å². The van der Waals surface area contributed by atoms with Crippen LogP contribution >= 0.6 is 0 Å². The molecule has 0 unspecified atom stereocenters. The van der Waals surface area contributed by atoms with Gasteiger partial charge in [0.2, 0.25) is 5.91 Å². The fraction of sp³-hybridized carbons (Fsp3) is 0.391. The van der Waals surface area contributed by atoms with Crippen LogP contribution in [0.15, 0.2) is 36.4 Å². The van der Waals surface area contributed by atoms with E-state index in [0.717, 1.165) is 40.8 Å². The van der Waals surface area contributed by atoms with Crippen LogP contribution in [0.25, 0.3) is 11.1 Å². The number of methoxy groups -OCH3 is 1. The van der Waals surface area contributed by atoms with E-state index in [4.69, 9.17) is 9.47 Å². The third kappa shape index (κ3) is 4.03. The fourth-order valence-electron chi connectivity index (χ4n) is 3.49. The molecular weight excluding hydrogens is 354 g/mol. The summed E-state index contributed by atoms with van der Waals surface area (Å²) >= 11 is 0. The molecule has 0 spiro atoms. The number of amides is 1. The molecule has 0 saturated heterocycles. The Balaban J connectivity index is 1.88. The molecule has 5 nitrogen and oxygen atoms in total. The lowest BCUT2D eigenvalue weighted by molar-refractivity contribution is -0.124. The van der Waals surface area contributed by atoms with Crippen LogP contribution in [0.4, 0.5) is 0 Å². The number of nitrogens with one attached hydrogen (secondary N) is 1. The molecule has 2 aromatic carbocycles. The molecule has 0 saturated carbocycles. The molecule has 3 rings (SSSR count). The van der Waals surface area contributed by atoms with E-state index in [1.165, 1.54) is 7.11 Å². The number of rotatable bonds is 6. The predicted molar refractivity (Wildman–Crippen MR) is 109 cm³/mol. The van der Waals surface area contributed by atoms with Crippen molar-refractivity contribution in [3.05, 3.63) is 53.1 Å². The lowest BCUT2D eigenvalue weighted by Gasteiger charge is -2.16. The van der Waals surface area contributed by atoms with Crippen LogP contribution in [0, 0.1) is 12.8 Å². The first kappa shape index (κ1) is 19.9. The molecule has 0 bridgehead atoms. The third-order valence-corrected chi connectivity index (χ3v) is 5.23. The van der Waals surface area contributed by atoms with Gasteiger partial charge in [0.05, 0.1) is 19.2 Å². The molecule has 28 heavy (non-hydrogen) atoms. The largest absolute Gasteiger partial charge is 0.487 e. The number of ether oxygens (including phenoxy) is 2. The zero-order chi connectivity index (χ0) is 20.3. The molecular formula is C23H27NO4. The van der Waals surface area contributed by atoms with Crippen LogP contribution in [-0.2, 0) is 16.0 Å². The monoisotopic (exact) mass is 381 g/mol. The second kappa shape index (κ2) is 8.46. The van der Waals surface area contributed by atoms with Gasteiger partial charge in [-0.3, -0.25) is 4.79 Å². The van der Waals surface area contributed by atoms with Gasteiger partial charge in [-0.15, -0.1) is 0 Å². The highest BCUT2D eigenvalue weighted by Crippen LogP contribution is 2.41. The molecule has 2 atom stereocenters. The normalized spacial score (nSPS) is 16.1. The van der Waals surface area contributed by atoms with E-state index in [2.05, 4.69) is 11.4 Å². The first-order chi connectivity index (χ1) is 13.4. The molecule has 1 aliphatic rings. The number of aryl methyl sites for hydroxylation is 1. The Bertz CT molecular complexity index is 890. The van der Waals surface area contributed by atoms with Gasteiger partial charge in [0.15, 0.2) is 0 Å². The number of carbonyl (C=O) groups excluding carboxylic acids is 2. The van der Waals surface area contributed by atoms with E-state index < -0.39 is 0 Å². The Morgan fingerprint density at radius 2 is 2.00 bits per heavy atom. The number of carbonyl (C=O) groups is 2. The van der Waals surface area contributed by atoms with Gasteiger partial charge in [-0.05, 0) is 42.2 Å². The summed E-state index contributed by atoms with van der Waals surface area (Å²) in [5.74, 6) is 0.453. The van der Waals surface area contributed by atoms with E-state index in [0.29, 0.717) is 12.1 Å². The molecule has 148 valence electrons. The number of hydrogen-bond acceptors (Lipinski definition) is 4. The second-order valence-electron chi connectivity index (χ2n) is 7.34. The maximum atomic E-state index is 12.2. The predicted octanol–water partition coefficient (Wildman–Crippen LogP) is 3.91. The van der Waals surface area contributed by atoms with Crippen molar-refractivity contribution in [3.8, 4) is 16.9 Å². The van der Waals surface area contributed by atoms with Gasteiger partial charge in [-0.25, -0.2) is 4.79 Å². The molecule has 0 aromatic heterocycles. The van der Waals surface area contributed by atoms with Gasteiger partial charge in [-0.2, -0.15) is 0 Å². The zero-order valence-corrected chi connectivity index (χ0v) is 16.9. The van der Waals surface area contributed by atoms with Crippen LogP contribution in [0.5, 0.6) is 5.75 Å². The van der Waals surface area contributed by atoms with Crippen molar-refractivity contribution in [2.24, 2.45) is 5.92 Å². The molecule has 5 heteroatoms. The minimum absolute atomic E-state index is 0.00600. The van der Waals surface area contributed by atoms with Crippen molar-refractivity contribution in [1.82, 2.24) is 5.32 Å². The molecule has 0 radical (unpaired) electrons. The standard InChI is InChI=1S/C23H27NO4/c1-5-15(3)22(25)24-13-17-12-16-10-14(2)11-20(21(16)28-17)18-8-6-7-9-19(18)23(26)27-4/h6-11,15,17H,5,12-13H2,1-4H3,(H,24,25)/t15-,17-/m0/s1. The summed E-state index contributed by atoms with van der Waals surface area (Å²) in [5, 5.41) is 2.98. The quantitative estimate of drug-likeness (QED) is 0.771. The molecule has 1 N–H and O–H groups in total. The maximum Gasteiger partial charge on any atom is 0.338 e. The first-order valence-electron chi connectivity index (χ1n) is 9.70. The molecule has 0 fully saturated rings. The minimum Gasteiger partial charge on any atom is -0.487 e. The van der Waals surface area contributed by atoms with E-state index in [-0.39, 0.29) is 23.9 Å². The summed E-state index contributed by atoms with van der Waals surface area (Å²) in [6.45, 7) is 6.42. The second-order valence-corrected chi connectivity index (χ2v) is 7.34. The average Bonchev–Trinajstić information content (AvgIpc) is 3.12. The van der Waals surface area contributed by atoms with Crippen LogP contribution in [0.1, 0.15) is 41.8 Å². The van der Waals surface area contributed by atoms with Crippen molar-refractivity contribution >= 4 is 11.9 Å². The minimum atomic E-state index is -0.374. The van der Waals surface area contributed by atoms with Crippen molar-refractivity contribution in [2.75, 3.05) is 13.7 Å². The van der Waals surface area contributed by atoms with Gasteiger partial charge < -0.3 is 14.8 Å². The highest BCUT2D eigenvalue weighted by Gasteiger charge is 2.28.